The Labute approximate surface area is 61.7 Å². The molecule has 2 aromatic heterocycles. The smallest absolute Gasteiger partial charge is 0.254 e. The Bertz CT molecular complexity index is 441. The van der Waals surface area contributed by atoms with E-state index in [1.807, 2.05) is 0 Å². The Balaban J connectivity index is 3.02. The highest BCUT2D eigenvalue weighted by atomic mass is 16.3. The second-order valence-corrected chi connectivity index (χ2v) is 2.26. The van der Waals surface area contributed by atoms with Gasteiger partial charge >= 0.3 is 0 Å². The molecule has 0 radical (unpaired) electrons. The van der Waals surface area contributed by atoms with E-state index in [9.17, 15) is 9.90 Å². The minimum absolute atomic E-state index is 0.0475. The molecule has 2 rings (SSSR count). The van der Waals surface area contributed by atoms with E-state index in [1.54, 1.807) is 18.3 Å². The first-order valence-corrected chi connectivity index (χ1v) is 3.17. The molecule has 0 atom stereocenters. The third kappa shape index (κ3) is 0.797. The predicted octanol–water partition coefficient (Wildman–Crippen LogP) is 0.333. The van der Waals surface area contributed by atoms with Crippen LogP contribution in [0.4, 0.5) is 0 Å². The first-order chi connectivity index (χ1) is 5.27. The van der Waals surface area contributed by atoms with Gasteiger partial charge in [0.05, 0.1) is 6.07 Å². The normalized spacial score (nSPS) is 10.5. The van der Waals surface area contributed by atoms with Crippen molar-refractivity contribution in [2.75, 3.05) is 0 Å². The van der Waals surface area contributed by atoms with Crippen LogP contribution < -0.4 is 5.56 Å². The van der Waals surface area contributed by atoms with Crippen LogP contribution in [0.15, 0.2) is 29.2 Å². The lowest BCUT2D eigenvalue weighted by molar-refractivity contribution is 0.444. The molecule has 0 spiro atoms. The SMILES string of the molecule is O=c1cc(O)n2cccc2[nH]1. The van der Waals surface area contributed by atoms with Crippen LogP contribution in [0.1, 0.15) is 0 Å². The summed E-state index contributed by atoms with van der Waals surface area (Å²) in [5.41, 5.74) is 0.295. The molecule has 0 saturated heterocycles. The Kier molecular flexibility index (Phi) is 1.03. The van der Waals surface area contributed by atoms with Crippen LogP contribution >= 0.6 is 0 Å². The molecule has 2 aromatic rings. The van der Waals surface area contributed by atoms with E-state index < -0.39 is 0 Å². The molecule has 2 N–H and O–H groups in total. The number of aromatic nitrogens is 2. The van der Waals surface area contributed by atoms with Crippen LogP contribution in [-0.2, 0) is 0 Å². The summed E-state index contributed by atoms with van der Waals surface area (Å²) in [5.74, 6) is -0.0475. The molecule has 0 saturated carbocycles. The van der Waals surface area contributed by atoms with Gasteiger partial charge in [0, 0.05) is 6.20 Å². The molecule has 0 bridgehead atoms. The first kappa shape index (κ1) is 6.03. The predicted molar refractivity (Wildman–Crippen MR) is 39.7 cm³/mol. The van der Waals surface area contributed by atoms with Crippen molar-refractivity contribution in [1.29, 1.82) is 0 Å². The van der Waals surface area contributed by atoms with E-state index in [0.29, 0.717) is 5.65 Å². The summed E-state index contributed by atoms with van der Waals surface area (Å²) in [7, 11) is 0. The molecular weight excluding hydrogens is 144 g/mol. The topological polar surface area (TPSA) is 57.5 Å². The quantitative estimate of drug-likeness (QED) is 0.568. The number of H-pyrrole nitrogens is 1. The monoisotopic (exact) mass is 150 g/mol. The summed E-state index contributed by atoms with van der Waals surface area (Å²) in [5, 5.41) is 9.18. The van der Waals surface area contributed by atoms with E-state index in [4.69, 9.17) is 0 Å². The number of hydrogen-bond acceptors (Lipinski definition) is 2. The van der Waals surface area contributed by atoms with E-state index >= 15 is 0 Å². The lowest BCUT2D eigenvalue weighted by Crippen LogP contribution is -2.05. The fourth-order valence-electron chi connectivity index (χ4n) is 1.03. The zero-order valence-corrected chi connectivity index (χ0v) is 5.61. The molecule has 0 fully saturated rings. The highest BCUT2D eigenvalue weighted by molar-refractivity contribution is 5.41. The number of aromatic amines is 1. The van der Waals surface area contributed by atoms with E-state index in [2.05, 4.69) is 4.98 Å². The van der Waals surface area contributed by atoms with Crippen LogP contribution in [0.25, 0.3) is 5.65 Å². The van der Waals surface area contributed by atoms with Gasteiger partial charge in [0.1, 0.15) is 5.65 Å². The Hall–Kier alpha value is -1.71. The van der Waals surface area contributed by atoms with Gasteiger partial charge in [-0.1, -0.05) is 0 Å². The van der Waals surface area contributed by atoms with Crippen molar-refractivity contribution in [2.24, 2.45) is 0 Å². The van der Waals surface area contributed by atoms with Gasteiger partial charge in [0.15, 0.2) is 0 Å². The number of rotatable bonds is 0. The summed E-state index contributed by atoms with van der Waals surface area (Å²) in [6, 6.07) is 4.58. The third-order valence-electron chi connectivity index (χ3n) is 1.51. The molecule has 0 aliphatic rings. The van der Waals surface area contributed by atoms with E-state index in [-0.39, 0.29) is 11.4 Å². The molecule has 0 aliphatic heterocycles. The van der Waals surface area contributed by atoms with Gasteiger partial charge in [-0.25, -0.2) is 0 Å². The van der Waals surface area contributed by atoms with E-state index in [0.717, 1.165) is 6.07 Å². The Morgan fingerprint density at radius 3 is 3.18 bits per heavy atom. The van der Waals surface area contributed by atoms with Crippen LogP contribution in [0.2, 0.25) is 0 Å². The highest BCUT2D eigenvalue weighted by Crippen LogP contribution is 2.07. The number of nitrogens with zero attached hydrogens (tertiary/aromatic N) is 1. The van der Waals surface area contributed by atoms with Crippen molar-refractivity contribution in [2.45, 2.75) is 0 Å². The second-order valence-electron chi connectivity index (χ2n) is 2.26. The fourth-order valence-corrected chi connectivity index (χ4v) is 1.03. The van der Waals surface area contributed by atoms with Crippen LogP contribution in [0.3, 0.4) is 0 Å². The third-order valence-corrected chi connectivity index (χ3v) is 1.51. The second kappa shape index (κ2) is 1.88. The van der Waals surface area contributed by atoms with Crippen LogP contribution in [0, 0.1) is 0 Å². The number of aromatic hydroxyl groups is 1. The molecule has 56 valence electrons. The molecule has 11 heavy (non-hydrogen) atoms. The van der Waals surface area contributed by atoms with Gasteiger partial charge in [-0.15, -0.1) is 0 Å². The van der Waals surface area contributed by atoms with Gasteiger partial charge in [-0.2, -0.15) is 0 Å². The number of nitrogens with one attached hydrogen (secondary N) is 1. The van der Waals surface area contributed by atoms with Crippen molar-refractivity contribution in [1.82, 2.24) is 9.38 Å². The zero-order chi connectivity index (χ0) is 7.84. The molecule has 0 unspecified atom stereocenters. The zero-order valence-electron chi connectivity index (χ0n) is 5.61. The van der Waals surface area contributed by atoms with Gasteiger partial charge in [0.25, 0.3) is 5.56 Å². The Morgan fingerprint density at radius 1 is 1.55 bits per heavy atom. The van der Waals surface area contributed by atoms with Crippen LogP contribution in [-0.4, -0.2) is 14.5 Å². The largest absolute Gasteiger partial charge is 0.494 e. The summed E-state index contributed by atoms with van der Waals surface area (Å²) in [4.78, 5) is 13.3. The summed E-state index contributed by atoms with van der Waals surface area (Å²) in [6.45, 7) is 0. The van der Waals surface area contributed by atoms with E-state index in [1.165, 1.54) is 4.40 Å². The average molecular weight is 150 g/mol. The van der Waals surface area contributed by atoms with Gasteiger partial charge in [-0.05, 0) is 12.1 Å². The van der Waals surface area contributed by atoms with Gasteiger partial charge in [-0.3, -0.25) is 9.20 Å². The summed E-state index contributed by atoms with van der Waals surface area (Å²) < 4.78 is 1.49. The van der Waals surface area contributed by atoms with Crippen molar-refractivity contribution in [3.05, 3.63) is 34.7 Å². The highest BCUT2D eigenvalue weighted by Gasteiger charge is 1.97. The van der Waals surface area contributed by atoms with Gasteiger partial charge in [0.2, 0.25) is 5.88 Å². The maximum absolute atomic E-state index is 10.8. The summed E-state index contributed by atoms with van der Waals surface area (Å²) in [6.07, 6.45) is 1.67. The molecular formula is C7H6N2O2. The standard InChI is InChI=1S/C7H6N2O2/c10-6-4-7(11)9-3-1-2-5(9)8-6/h1-4,11H,(H,8,10). The van der Waals surface area contributed by atoms with Crippen LogP contribution in [0.5, 0.6) is 5.88 Å². The molecule has 4 heteroatoms. The molecule has 2 heterocycles. The Morgan fingerprint density at radius 2 is 2.36 bits per heavy atom. The maximum atomic E-state index is 10.8. The maximum Gasteiger partial charge on any atom is 0.254 e. The number of fused-ring (bicyclic) bond motifs is 1. The lowest BCUT2D eigenvalue weighted by atomic mass is 10.6. The van der Waals surface area contributed by atoms with Crippen molar-refractivity contribution in [3.8, 4) is 5.88 Å². The van der Waals surface area contributed by atoms with Crippen molar-refractivity contribution >= 4 is 5.65 Å². The molecule has 4 nitrogen and oxygen atoms in total. The molecule has 0 aliphatic carbocycles. The van der Waals surface area contributed by atoms with Gasteiger partial charge < -0.3 is 10.1 Å². The van der Waals surface area contributed by atoms with Crippen molar-refractivity contribution in [3.63, 3.8) is 0 Å². The minimum atomic E-state index is -0.297. The minimum Gasteiger partial charge on any atom is -0.494 e. The molecule has 0 amide bonds. The summed E-state index contributed by atoms with van der Waals surface area (Å²) >= 11 is 0. The first-order valence-electron chi connectivity index (χ1n) is 3.17. The average Bonchev–Trinajstić information content (AvgIpc) is 2.34. The lowest BCUT2D eigenvalue weighted by Gasteiger charge is -1.95. The fraction of sp³-hybridized carbons (Fsp3) is 0. The van der Waals surface area contributed by atoms with Crippen molar-refractivity contribution < 1.29 is 5.11 Å². The molecule has 0 aromatic carbocycles. The number of hydrogen-bond donors (Lipinski definition) is 2.